The number of Topliss-reactive ketones (excluding diaryl/α,β-unsaturated/α-hetero) is 2. The van der Waals surface area contributed by atoms with Crippen LogP contribution in [0.5, 0.6) is 0 Å². The fraction of sp³-hybridized carbons (Fsp3) is 0.882. The number of carbonyl (C=O) groups is 2. The standard InChI is InChI=1S/C17H32O2/c1-5-14(3)9-7-11-16(18)13-17(19)12-8-10-15(4)6-2/h14-15H,5-13H2,1-4H3. The minimum Gasteiger partial charge on any atom is -0.299 e. The average Bonchev–Trinajstić information content (AvgIpc) is 2.37. The van der Waals surface area contributed by atoms with Gasteiger partial charge < -0.3 is 0 Å². The van der Waals surface area contributed by atoms with Gasteiger partial charge in [0.1, 0.15) is 11.6 Å². The normalized spacial score (nSPS) is 14.1. The molecule has 2 heteroatoms. The second-order valence-corrected chi connectivity index (χ2v) is 6.07. The maximum absolute atomic E-state index is 11.7. The number of carbonyl (C=O) groups excluding carboxylic acids is 2. The molecule has 0 saturated carbocycles. The van der Waals surface area contributed by atoms with E-state index in [-0.39, 0.29) is 18.0 Å². The molecule has 0 radical (unpaired) electrons. The van der Waals surface area contributed by atoms with E-state index in [0.29, 0.717) is 24.7 Å². The van der Waals surface area contributed by atoms with Crippen molar-refractivity contribution >= 4 is 11.6 Å². The highest BCUT2D eigenvalue weighted by atomic mass is 16.1. The molecule has 0 spiro atoms. The van der Waals surface area contributed by atoms with Crippen LogP contribution in [0, 0.1) is 11.8 Å². The zero-order valence-corrected chi connectivity index (χ0v) is 13.3. The molecule has 19 heavy (non-hydrogen) atoms. The molecular formula is C17H32O2. The lowest BCUT2D eigenvalue weighted by molar-refractivity contribution is -0.127. The van der Waals surface area contributed by atoms with Gasteiger partial charge in [-0.2, -0.15) is 0 Å². The van der Waals surface area contributed by atoms with Gasteiger partial charge in [0.2, 0.25) is 0 Å². The first-order chi connectivity index (χ1) is 8.99. The molecule has 0 fully saturated rings. The Morgan fingerprint density at radius 1 is 0.789 bits per heavy atom. The summed E-state index contributed by atoms with van der Waals surface area (Å²) in [6.07, 6.45) is 7.76. The second kappa shape index (κ2) is 11.2. The highest BCUT2D eigenvalue weighted by Gasteiger charge is 2.10. The molecule has 0 rings (SSSR count). The first-order valence-corrected chi connectivity index (χ1v) is 8.02. The highest BCUT2D eigenvalue weighted by Crippen LogP contribution is 2.14. The SMILES string of the molecule is CCC(C)CCCC(=O)CC(=O)CCCC(C)CC. The van der Waals surface area contributed by atoms with Gasteiger partial charge in [0.15, 0.2) is 0 Å². The predicted octanol–water partition coefficient (Wildman–Crippen LogP) is 4.95. The molecule has 0 aromatic heterocycles. The molecule has 0 N–H and O–H groups in total. The number of hydrogen-bond acceptors (Lipinski definition) is 2. The van der Waals surface area contributed by atoms with E-state index in [2.05, 4.69) is 27.7 Å². The molecule has 0 aliphatic carbocycles. The van der Waals surface area contributed by atoms with Gasteiger partial charge in [-0.25, -0.2) is 0 Å². The average molecular weight is 268 g/mol. The lowest BCUT2D eigenvalue weighted by Crippen LogP contribution is -2.08. The number of hydrogen-bond donors (Lipinski definition) is 0. The predicted molar refractivity (Wildman–Crippen MR) is 81.2 cm³/mol. The van der Waals surface area contributed by atoms with E-state index in [0.717, 1.165) is 25.7 Å². The number of rotatable bonds is 12. The highest BCUT2D eigenvalue weighted by molar-refractivity contribution is 5.98. The summed E-state index contributed by atoms with van der Waals surface area (Å²) < 4.78 is 0. The first-order valence-electron chi connectivity index (χ1n) is 8.02. The van der Waals surface area contributed by atoms with Crippen molar-refractivity contribution in [1.29, 1.82) is 0 Å². The van der Waals surface area contributed by atoms with Gasteiger partial charge in [0.25, 0.3) is 0 Å². The minimum absolute atomic E-state index is 0.136. The molecule has 0 aliphatic rings. The molecule has 2 nitrogen and oxygen atoms in total. The van der Waals surface area contributed by atoms with Crippen LogP contribution in [0.1, 0.15) is 85.5 Å². The molecule has 0 amide bonds. The Hall–Kier alpha value is -0.660. The summed E-state index contributed by atoms with van der Waals surface area (Å²) in [5.41, 5.74) is 0. The van der Waals surface area contributed by atoms with Crippen LogP contribution in [0.3, 0.4) is 0 Å². The van der Waals surface area contributed by atoms with Crippen molar-refractivity contribution < 1.29 is 9.59 Å². The van der Waals surface area contributed by atoms with Crippen LogP contribution in [0.4, 0.5) is 0 Å². The van der Waals surface area contributed by atoms with E-state index in [4.69, 9.17) is 0 Å². The maximum atomic E-state index is 11.7. The van der Waals surface area contributed by atoms with Crippen LogP contribution >= 0.6 is 0 Å². The third-order valence-corrected chi connectivity index (χ3v) is 4.09. The largest absolute Gasteiger partial charge is 0.299 e. The van der Waals surface area contributed by atoms with Crippen LogP contribution in [0.15, 0.2) is 0 Å². The summed E-state index contributed by atoms with van der Waals surface area (Å²) in [5.74, 6) is 1.66. The Bertz CT molecular complexity index is 232. The van der Waals surface area contributed by atoms with E-state index in [1.54, 1.807) is 0 Å². The molecular weight excluding hydrogens is 236 g/mol. The smallest absolute Gasteiger partial charge is 0.140 e. The van der Waals surface area contributed by atoms with Gasteiger partial charge in [0.05, 0.1) is 6.42 Å². The Kier molecular flexibility index (Phi) is 10.8. The van der Waals surface area contributed by atoms with Crippen molar-refractivity contribution in [2.75, 3.05) is 0 Å². The van der Waals surface area contributed by atoms with Crippen molar-refractivity contribution in [3.8, 4) is 0 Å². The summed E-state index contributed by atoms with van der Waals surface area (Å²) >= 11 is 0. The fourth-order valence-electron chi connectivity index (χ4n) is 2.10. The molecule has 0 aliphatic heterocycles. The minimum atomic E-state index is 0.136. The molecule has 2 atom stereocenters. The topological polar surface area (TPSA) is 34.1 Å². The van der Waals surface area contributed by atoms with Gasteiger partial charge in [-0.15, -0.1) is 0 Å². The van der Waals surface area contributed by atoms with Crippen LogP contribution in [0.2, 0.25) is 0 Å². The van der Waals surface area contributed by atoms with Gasteiger partial charge in [-0.3, -0.25) is 9.59 Å². The van der Waals surface area contributed by atoms with Gasteiger partial charge in [-0.1, -0.05) is 53.4 Å². The molecule has 0 saturated heterocycles. The van der Waals surface area contributed by atoms with E-state index >= 15 is 0 Å². The van der Waals surface area contributed by atoms with Gasteiger partial charge >= 0.3 is 0 Å². The second-order valence-electron chi connectivity index (χ2n) is 6.07. The van der Waals surface area contributed by atoms with Crippen LogP contribution < -0.4 is 0 Å². The van der Waals surface area contributed by atoms with E-state index in [1.165, 1.54) is 12.8 Å². The molecule has 0 aromatic rings. The van der Waals surface area contributed by atoms with Gasteiger partial charge in [0, 0.05) is 12.8 Å². The monoisotopic (exact) mass is 268 g/mol. The summed E-state index contributed by atoms with van der Waals surface area (Å²) in [7, 11) is 0. The van der Waals surface area contributed by atoms with Crippen LogP contribution in [0.25, 0.3) is 0 Å². The number of ketones is 2. The third-order valence-electron chi connectivity index (χ3n) is 4.09. The van der Waals surface area contributed by atoms with Crippen molar-refractivity contribution in [3.63, 3.8) is 0 Å². The Morgan fingerprint density at radius 2 is 1.16 bits per heavy atom. The summed E-state index contributed by atoms with van der Waals surface area (Å²) in [4.78, 5) is 23.3. The lowest BCUT2D eigenvalue weighted by atomic mass is 9.97. The third kappa shape index (κ3) is 10.9. The molecule has 0 bridgehead atoms. The Labute approximate surface area is 119 Å². The quantitative estimate of drug-likeness (QED) is 0.469. The van der Waals surface area contributed by atoms with E-state index in [1.807, 2.05) is 0 Å². The molecule has 0 aromatic carbocycles. The van der Waals surface area contributed by atoms with Crippen molar-refractivity contribution in [1.82, 2.24) is 0 Å². The molecule has 0 heterocycles. The maximum Gasteiger partial charge on any atom is 0.140 e. The summed E-state index contributed by atoms with van der Waals surface area (Å²) in [5, 5.41) is 0. The van der Waals surface area contributed by atoms with Crippen molar-refractivity contribution in [3.05, 3.63) is 0 Å². The summed E-state index contributed by atoms with van der Waals surface area (Å²) in [6.45, 7) is 8.77. The molecule has 112 valence electrons. The van der Waals surface area contributed by atoms with Crippen molar-refractivity contribution in [2.24, 2.45) is 11.8 Å². The lowest BCUT2D eigenvalue weighted by Gasteiger charge is -2.08. The fourth-order valence-corrected chi connectivity index (χ4v) is 2.10. The van der Waals surface area contributed by atoms with Crippen molar-refractivity contribution in [2.45, 2.75) is 85.5 Å². The first kappa shape index (κ1) is 18.3. The zero-order valence-electron chi connectivity index (χ0n) is 13.3. The van der Waals surface area contributed by atoms with Gasteiger partial charge in [-0.05, 0) is 24.7 Å². The van der Waals surface area contributed by atoms with E-state index < -0.39 is 0 Å². The summed E-state index contributed by atoms with van der Waals surface area (Å²) in [6, 6.07) is 0. The van der Waals surface area contributed by atoms with Crippen LogP contribution in [-0.4, -0.2) is 11.6 Å². The Balaban J connectivity index is 3.61. The van der Waals surface area contributed by atoms with Crippen LogP contribution in [-0.2, 0) is 9.59 Å². The van der Waals surface area contributed by atoms with E-state index in [9.17, 15) is 9.59 Å². The molecule has 2 unspecified atom stereocenters. The Morgan fingerprint density at radius 3 is 1.47 bits per heavy atom. The zero-order chi connectivity index (χ0) is 14.7.